The van der Waals surface area contributed by atoms with Crippen LogP contribution < -0.4 is 5.32 Å². The fourth-order valence-corrected chi connectivity index (χ4v) is 2.94. The minimum Gasteiger partial charge on any atom is -0.343 e. The highest BCUT2D eigenvalue weighted by Gasteiger charge is 2.24. The molecule has 1 aromatic heterocycles. The summed E-state index contributed by atoms with van der Waals surface area (Å²) < 4.78 is 2.16. The monoisotopic (exact) mass is 297 g/mol. The van der Waals surface area contributed by atoms with Crippen molar-refractivity contribution in [3.63, 3.8) is 0 Å². The lowest BCUT2D eigenvalue weighted by molar-refractivity contribution is -0.117. The number of hydrogen-bond acceptors (Lipinski definition) is 2. The number of fused-ring (bicyclic) bond motifs is 1. The summed E-state index contributed by atoms with van der Waals surface area (Å²) in [6.45, 7) is 6.98. The summed E-state index contributed by atoms with van der Waals surface area (Å²) in [6.07, 6.45) is 4.18. The van der Waals surface area contributed by atoms with E-state index < -0.39 is 0 Å². The zero-order valence-electron chi connectivity index (χ0n) is 13.5. The van der Waals surface area contributed by atoms with Gasteiger partial charge in [-0.3, -0.25) is 4.79 Å². The fraction of sp³-hybridized carbons (Fsp3) is 0.444. The van der Waals surface area contributed by atoms with Gasteiger partial charge in [0.2, 0.25) is 5.91 Å². The number of imidazole rings is 1. The number of aryl methyl sites for hydroxylation is 1. The summed E-state index contributed by atoms with van der Waals surface area (Å²) in [4.78, 5) is 16.9. The number of para-hydroxylation sites is 2. The Morgan fingerprint density at radius 2 is 2.18 bits per heavy atom. The summed E-state index contributed by atoms with van der Waals surface area (Å²) in [5.41, 5.74) is 3.28. The zero-order chi connectivity index (χ0) is 15.7. The predicted octanol–water partition coefficient (Wildman–Crippen LogP) is 3.59. The third-order valence-electron chi connectivity index (χ3n) is 4.33. The molecule has 1 saturated carbocycles. The van der Waals surface area contributed by atoms with Crippen molar-refractivity contribution in [2.24, 2.45) is 5.92 Å². The van der Waals surface area contributed by atoms with Crippen LogP contribution in [0, 0.1) is 5.92 Å². The summed E-state index contributed by atoms with van der Waals surface area (Å²) in [5.74, 6) is 1.52. The van der Waals surface area contributed by atoms with Crippen molar-refractivity contribution < 1.29 is 4.79 Å². The molecule has 0 bridgehead atoms. The highest BCUT2D eigenvalue weighted by atomic mass is 16.1. The molecule has 22 heavy (non-hydrogen) atoms. The van der Waals surface area contributed by atoms with Crippen LogP contribution in [0.15, 0.2) is 35.9 Å². The van der Waals surface area contributed by atoms with E-state index in [1.807, 2.05) is 32.0 Å². The topological polar surface area (TPSA) is 46.9 Å². The average Bonchev–Trinajstić information content (AvgIpc) is 3.27. The van der Waals surface area contributed by atoms with Gasteiger partial charge in [0.05, 0.1) is 17.1 Å². The number of nitrogens with zero attached hydrogens (tertiary/aromatic N) is 2. The van der Waals surface area contributed by atoms with E-state index in [0.29, 0.717) is 5.92 Å². The first-order valence-corrected chi connectivity index (χ1v) is 8.04. The Morgan fingerprint density at radius 1 is 1.45 bits per heavy atom. The molecule has 1 unspecified atom stereocenters. The molecule has 0 saturated heterocycles. The molecule has 1 N–H and O–H groups in total. The number of carbonyl (C=O) groups is 1. The number of amides is 1. The minimum absolute atomic E-state index is 0.0217. The zero-order valence-corrected chi connectivity index (χ0v) is 13.5. The molecule has 1 amide bonds. The van der Waals surface area contributed by atoms with Gasteiger partial charge in [-0.05, 0) is 51.7 Å². The summed E-state index contributed by atoms with van der Waals surface area (Å²) >= 11 is 0. The fourth-order valence-electron chi connectivity index (χ4n) is 2.94. The molecule has 1 aliphatic carbocycles. The van der Waals surface area contributed by atoms with Crippen LogP contribution in [-0.2, 0) is 11.3 Å². The minimum atomic E-state index is -0.108. The number of rotatable bonds is 5. The van der Waals surface area contributed by atoms with E-state index in [4.69, 9.17) is 4.98 Å². The lowest BCUT2D eigenvalue weighted by Crippen LogP contribution is -2.27. The molecule has 0 aliphatic heterocycles. The molecule has 1 atom stereocenters. The van der Waals surface area contributed by atoms with Gasteiger partial charge in [-0.2, -0.15) is 0 Å². The van der Waals surface area contributed by atoms with Crippen LogP contribution in [0.5, 0.6) is 0 Å². The lowest BCUT2D eigenvalue weighted by Gasteiger charge is -2.14. The van der Waals surface area contributed by atoms with Crippen LogP contribution in [0.2, 0.25) is 0 Å². The average molecular weight is 297 g/mol. The van der Waals surface area contributed by atoms with Gasteiger partial charge >= 0.3 is 0 Å². The third-order valence-corrected chi connectivity index (χ3v) is 4.33. The van der Waals surface area contributed by atoms with Crippen molar-refractivity contribution in [2.75, 3.05) is 0 Å². The number of allylic oxidation sites excluding steroid dienone is 1. The van der Waals surface area contributed by atoms with Crippen molar-refractivity contribution in [3.05, 3.63) is 41.7 Å². The molecule has 0 spiro atoms. The first-order chi connectivity index (χ1) is 10.6. The normalized spacial score (nSPS) is 16.8. The summed E-state index contributed by atoms with van der Waals surface area (Å²) in [6, 6.07) is 7.98. The standard InChI is InChI=1S/C18H23N3O/c1-4-21-16-8-6-5-7-15(16)20-18(21)13(3)19-17(22)11-12(2)14-9-10-14/h5-8,11,13-14H,4,9-10H2,1-3H3,(H,19,22). The van der Waals surface area contributed by atoms with Crippen LogP contribution in [0.25, 0.3) is 11.0 Å². The van der Waals surface area contributed by atoms with Gasteiger partial charge in [0.1, 0.15) is 5.82 Å². The number of hydrogen-bond donors (Lipinski definition) is 1. The Morgan fingerprint density at radius 3 is 2.86 bits per heavy atom. The number of carbonyl (C=O) groups excluding carboxylic acids is 1. The van der Waals surface area contributed by atoms with Crippen LogP contribution in [0.3, 0.4) is 0 Å². The van der Waals surface area contributed by atoms with Gasteiger partial charge in [0, 0.05) is 12.6 Å². The number of nitrogens with one attached hydrogen (secondary N) is 1. The maximum absolute atomic E-state index is 12.2. The smallest absolute Gasteiger partial charge is 0.244 e. The second-order valence-corrected chi connectivity index (χ2v) is 6.10. The van der Waals surface area contributed by atoms with E-state index in [9.17, 15) is 4.79 Å². The first-order valence-electron chi connectivity index (χ1n) is 8.04. The van der Waals surface area contributed by atoms with Gasteiger partial charge < -0.3 is 9.88 Å². The number of benzene rings is 1. The first kappa shape index (κ1) is 14.8. The second kappa shape index (κ2) is 5.95. The Hall–Kier alpha value is -2.10. The van der Waals surface area contributed by atoms with Crippen LogP contribution >= 0.6 is 0 Å². The summed E-state index contributed by atoms with van der Waals surface area (Å²) in [7, 11) is 0. The van der Waals surface area contributed by atoms with Crippen molar-refractivity contribution >= 4 is 16.9 Å². The van der Waals surface area contributed by atoms with Crippen molar-refractivity contribution in [1.29, 1.82) is 0 Å². The Bertz CT molecular complexity index is 725. The highest BCUT2D eigenvalue weighted by molar-refractivity contribution is 5.88. The molecule has 3 rings (SSSR count). The van der Waals surface area contributed by atoms with Gasteiger partial charge in [-0.15, -0.1) is 0 Å². The molecule has 1 aromatic carbocycles. The molecule has 0 radical (unpaired) electrons. The molecule has 4 nitrogen and oxygen atoms in total. The molecular weight excluding hydrogens is 274 g/mol. The van der Waals surface area contributed by atoms with E-state index >= 15 is 0 Å². The Balaban J connectivity index is 1.81. The molecular formula is C18H23N3O. The van der Waals surface area contributed by atoms with E-state index in [1.165, 1.54) is 18.4 Å². The van der Waals surface area contributed by atoms with Gasteiger partial charge in [-0.25, -0.2) is 4.98 Å². The Kier molecular flexibility index (Phi) is 4.01. The van der Waals surface area contributed by atoms with Gasteiger partial charge in [0.25, 0.3) is 0 Å². The van der Waals surface area contributed by atoms with Crippen LogP contribution in [0.1, 0.15) is 45.5 Å². The SMILES string of the molecule is CCn1c(C(C)NC(=O)C=C(C)C2CC2)nc2ccccc21. The summed E-state index contributed by atoms with van der Waals surface area (Å²) in [5, 5.41) is 3.05. The van der Waals surface area contributed by atoms with Crippen LogP contribution in [-0.4, -0.2) is 15.5 Å². The van der Waals surface area contributed by atoms with Crippen LogP contribution in [0.4, 0.5) is 0 Å². The van der Waals surface area contributed by atoms with Crippen molar-refractivity contribution in [1.82, 2.24) is 14.9 Å². The molecule has 1 fully saturated rings. The Labute approximate surface area is 131 Å². The van der Waals surface area contributed by atoms with E-state index in [1.54, 1.807) is 6.08 Å². The molecule has 1 heterocycles. The third kappa shape index (κ3) is 2.91. The van der Waals surface area contributed by atoms with Gasteiger partial charge in [0.15, 0.2) is 0 Å². The number of aromatic nitrogens is 2. The highest BCUT2D eigenvalue weighted by Crippen LogP contribution is 2.35. The molecule has 4 heteroatoms. The maximum Gasteiger partial charge on any atom is 0.244 e. The second-order valence-electron chi connectivity index (χ2n) is 6.10. The lowest BCUT2D eigenvalue weighted by atomic mass is 10.2. The largest absolute Gasteiger partial charge is 0.343 e. The maximum atomic E-state index is 12.2. The van der Waals surface area contributed by atoms with Crippen molar-refractivity contribution in [3.8, 4) is 0 Å². The molecule has 1 aliphatic rings. The van der Waals surface area contributed by atoms with Gasteiger partial charge in [-0.1, -0.05) is 17.7 Å². The van der Waals surface area contributed by atoms with Crippen molar-refractivity contribution in [2.45, 2.75) is 46.2 Å². The predicted molar refractivity (Wildman–Crippen MR) is 88.4 cm³/mol. The molecule has 2 aromatic rings. The van der Waals surface area contributed by atoms with E-state index in [0.717, 1.165) is 23.4 Å². The van der Waals surface area contributed by atoms with E-state index in [2.05, 4.69) is 22.9 Å². The van der Waals surface area contributed by atoms with E-state index in [-0.39, 0.29) is 11.9 Å². The molecule has 116 valence electrons. The quantitative estimate of drug-likeness (QED) is 0.857.